The Bertz CT molecular complexity index is 1290. The lowest BCUT2D eigenvalue weighted by atomic mass is 10.0. The second-order valence-corrected chi connectivity index (χ2v) is 7.51. The van der Waals surface area contributed by atoms with Gasteiger partial charge in [-0.3, -0.25) is 4.79 Å². The molecule has 166 valence electrons. The molecular weight excluding hydrogens is 419 g/mol. The molecule has 0 spiro atoms. The highest BCUT2D eigenvalue weighted by atomic mass is 19.1. The van der Waals surface area contributed by atoms with E-state index in [0.717, 1.165) is 27.5 Å². The number of hydrazone groups is 1. The first kappa shape index (κ1) is 22.0. The van der Waals surface area contributed by atoms with Crippen molar-refractivity contribution in [3.8, 4) is 11.5 Å². The van der Waals surface area contributed by atoms with Crippen LogP contribution in [0.2, 0.25) is 0 Å². The van der Waals surface area contributed by atoms with Crippen molar-refractivity contribution in [2.75, 3.05) is 6.61 Å². The van der Waals surface area contributed by atoms with Crippen LogP contribution in [0.4, 0.5) is 4.39 Å². The van der Waals surface area contributed by atoms with E-state index < -0.39 is 0 Å². The fourth-order valence-corrected chi connectivity index (χ4v) is 3.33. The number of rotatable bonds is 8. The van der Waals surface area contributed by atoms with Gasteiger partial charge in [-0.25, -0.2) is 9.82 Å². The maximum absolute atomic E-state index is 13.2. The fraction of sp³-hybridized carbons (Fsp3) is 0.111. The predicted molar refractivity (Wildman–Crippen MR) is 127 cm³/mol. The summed E-state index contributed by atoms with van der Waals surface area (Å²) >= 11 is 0. The minimum Gasteiger partial charge on any atom is -0.488 e. The van der Waals surface area contributed by atoms with Gasteiger partial charge in [0.05, 0.1) is 6.21 Å². The summed E-state index contributed by atoms with van der Waals surface area (Å²) in [6, 6.07) is 25.3. The largest absolute Gasteiger partial charge is 0.488 e. The van der Waals surface area contributed by atoms with Crippen LogP contribution in [0.1, 0.15) is 16.7 Å². The quantitative estimate of drug-likeness (QED) is 0.294. The van der Waals surface area contributed by atoms with E-state index in [0.29, 0.717) is 11.5 Å². The predicted octanol–water partition coefficient (Wildman–Crippen LogP) is 5.40. The average Bonchev–Trinajstić information content (AvgIpc) is 2.83. The highest BCUT2D eigenvalue weighted by Crippen LogP contribution is 2.27. The summed E-state index contributed by atoms with van der Waals surface area (Å²) in [6.07, 6.45) is 1.56. The third-order valence-corrected chi connectivity index (χ3v) is 4.98. The number of fused-ring (bicyclic) bond motifs is 1. The zero-order valence-corrected chi connectivity index (χ0v) is 18.1. The van der Waals surface area contributed by atoms with E-state index in [4.69, 9.17) is 9.47 Å². The maximum atomic E-state index is 13.2. The van der Waals surface area contributed by atoms with E-state index in [1.54, 1.807) is 24.4 Å². The molecule has 0 saturated carbocycles. The average molecular weight is 442 g/mol. The maximum Gasteiger partial charge on any atom is 0.277 e. The van der Waals surface area contributed by atoms with Crippen molar-refractivity contribution in [3.05, 3.63) is 107 Å². The Morgan fingerprint density at radius 3 is 2.61 bits per heavy atom. The van der Waals surface area contributed by atoms with Gasteiger partial charge in [0.25, 0.3) is 5.91 Å². The van der Waals surface area contributed by atoms with Crippen molar-refractivity contribution in [2.45, 2.75) is 13.5 Å². The Morgan fingerprint density at radius 2 is 1.79 bits per heavy atom. The minimum absolute atomic E-state index is 0.149. The zero-order valence-electron chi connectivity index (χ0n) is 18.1. The van der Waals surface area contributed by atoms with Crippen LogP contribution in [0, 0.1) is 12.7 Å². The first-order valence-electron chi connectivity index (χ1n) is 10.5. The number of amides is 1. The number of ether oxygens (including phenoxy) is 2. The Labute approximate surface area is 191 Å². The molecule has 0 atom stereocenters. The molecule has 4 aromatic rings. The van der Waals surface area contributed by atoms with Crippen molar-refractivity contribution in [1.29, 1.82) is 0 Å². The minimum atomic E-state index is -0.373. The Hall–Kier alpha value is -4.19. The second kappa shape index (κ2) is 10.4. The summed E-state index contributed by atoms with van der Waals surface area (Å²) in [6.45, 7) is 2.08. The summed E-state index contributed by atoms with van der Waals surface area (Å²) in [5.41, 5.74) is 5.12. The number of nitrogens with one attached hydrogen (secondary N) is 1. The number of aryl methyl sites for hydroxylation is 1. The van der Waals surface area contributed by atoms with E-state index in [-0.39, 0.29) is 24.9 Å². The summed E-state index contributed by atoms with van der Waals surface area (Å²) in [5.74, 6) is 0.563. The lowest BCUT2D eigenvalue weighted by molar-refractivity contribution is -0.123. The lowest BCUT2D eigenvalue weighted by Crippen LogP contribution is -2.24. The molecule has 0 fully saturated rings. The molecule has 6 heteroatoms. The van der Waals surface area contributed by atoms with Gasteiger partial charge in [-0.2, -0.15) is 5.10 Å². The summed E-state index contributed by atoms with van der Waals surface area (Å²) in [4.78, 5) is 12.2. The van der Waals surface area contributed by atoms with Gasteiger partial charge in [0.15, 0.2) is 6.61 Å². The molecule has 0 bridgehead atoms. The smallest absolute Gasteiger partial charge is 0.277 e. The normalized spacial score (nSPS) is 11.0. The third-order valence-electron chi connectivity index (χ3n) is 4.98. The van der Waals surface area contributed by atoms with Crippen LogP contribution >= 0.6 is 0 Å². The molecule has 0 aromatic heterocycles. The Kier molecular flexibility index (Phi) is 6.95. The van der Waals surface area contributed by atoms with Crippen LogP contribution < -0.4 is 14.9 Å². The van der Waals surface area contributed by atoms with Crippen molar-refractivity contribution in [3.63, 3.8) is 0 Å². The van der Waals surface area contributed by atoms with Crippen LogP contribution in [0.25, 0.3) is 10.8 Å². The van der Waals surface area contributed by atoms with Gasteiger partial charge < -0.3 is 9.47 Å². The molecule has 0 unspecified atom stereocenters. The number of hydrogen-bond acceptors (Lipinski definition) is 4. The molecule has 1 amide bonds. The first-order chi connectivity index (χ1) is 16.1. The second-order valence-electron chi connectivity index (χ2n) is 7.51. The summed E-state index contributed by atoms with van der Waals surface area (Å²) in [7, 11) is 0. The molecule has 5 nitrogen and oxygen atoms in total. The molecule has 0 saturated heterocycles. The third kappa shape index (κ3) is 5.95. The van der Waals surface area contributed by atoms with Gasteiger partial charge in [-0.1, -0.05) is 54.6 Å². The molecule has 33 heavy (non-hydrogen) atoms. The van der Waals surface area contributed by atoms with Crippen molar-refractivity contribution in [2.24, 2.45) is 5.10 Å². The van der Waals surface area contributed by atoms with Crippen molar-refractivity contribution in [1.82, 2.24) is 5.43 Å². The van der Waals surface area contributed by atoms with Gasteiger partial charge in [-0.15, -0.1) is 0 Å². The van der Waals surface area contributed by atoms with Gasteiger partial charge in [-0.05, 0) is 59.2 Å². The zero-order chi connectivity index (χ0) is 23.0. The standard InChI is InChI=1S/C27H23FN2O3/c1-19-5-4-7-23(15-19)32-18-27(31)30-29-16-25-24-8-3-2-6-21(24)11-14-26(25)33-17-20-9-12-22(28)13-10-20/h2-16H,17-18H2,1H3,(H,30,31). The molecule has 0 aliphatic heterocycles. The van der Waals surface area contributed by atoms with E-state index in [1.807, 2.05) is 61.5 Å². The van der Waals surface area contributed by atoms with E-state index in [9.17, 15) is 9.18 Å². The molecule has 0 aliphatic carbocycles. The van der Waals surface area contributed by atoms with Gasteiger partial charge >= 0.3 is 0 Å². The van der Waals surface area contributed by atoms with Crippen molar-refractivity contribution < 1.29 is 18.7 Å². The molecule has 0 radical (unpaired) electrons. The van der Waals surface area contributed by atoms with E-state index in [1.165, 1.54) is 12.1 Å². The molecule has 1 N–H and O–H groups in total. The van der Waals surface area contributed by atoms with Gasteiger partial charge in [0.1, 0.15) is 23.9 Å². The van der Waals surface area contributed by atoms with Crippen LogP contribution in [0.3, 0.4) is 0 Å². The Morgan fingerprint density at radius 1 is 0.970 bits per heavy atom. The Balaban J connectivity index is 1.46. The highest BCUT2D eigenvalue weighted by molar-refractivity contribution is 6.02. The summed E-state index contributed by atoms with van der Waals surface area (Å²) < 4.78 is 24.7. The molecular formula is C27H23FN2O3. The summed E-state index contributed by atoms with van der Waals surface area (Å²) in [5, 5.41) is 6.06. The van der Waals surface area contributed by atoms with E-state index in [2.05, 4.69) is 10.5 Å². The fourth-order valence-electron chi connectivity index (χ4n) is 3.33. The van der Waals surface area contributed by atoms with Crippen LogP contribution in [0.5, 0.6) is 11.5 Å². The van der Waals surface area contributed by atoms with E-state index >= 15 is 0 Å². The molecule has 4 rings (SSSR count). The monoisotopic (exact) mass is 442 g/mol. The number of carbonyl (C=O) groups excluding carboxylic acids is 1. The lowest BCUT2D eigenvalue weighted by Gasteiger charge is -2.12. The number of nitrogens with zero attached hydrogens (tertiary/aromatic N) is 1. The highest BCUT2D eigenvalue weighted by Gasteiger charge is 2.09. The topological polar surface area (TPSA) is 59.9 Å². The van der Waals surface area contributed by atoms with Gasteiger partial charge in [0, 0.05) is 5.56 Å². The van der Waals surface area contributed by atoms with Crippen LogP contribution in [0.15, 0.2) is 90.0 Å². The van der Waals surface area contributed by atoms with Crippen molar-refractivity contribution >= 4 is 22.9 Å². The number of carbonyl (C=O) groups is 1. The van der Waals surface area contributed by atoms with Crippen LogP contribution in [-0.2, 0) is 11.4 Å². The number of benzene rings is 4. The molecule has 4 aromatic carbocycles. The molecule has 0 aliphatic rings. The SMILES string of the molecule is Cc1cccc(OCC(=O)NN=Cc2c(OCc3ccc(F)cc3)ccc3ccccc23)c1. The number of hydrogen-bond donors (Lipinski definition) is 1. The van der Waals surface area contributed by atoms with Gasteiger partial charge in [0.2, 0.25) is 0 Å². The van der Waals surface area contributed by atoms with Crippen LogP contribution in [-0.4, -0.2) is 18.7 Å². The number of halogens is 1. The first-order valence-corrected chi connectivity index (χ1v) is 10.5. The molecule has 0 heterocycles.